The number of carbonyl (C=O) groups is 1. The van der Waals surface area contributed by atoms with Crippen LogP contribution < -0.4 is 5.72 Å². The molecule has 1 aromatic carbocycles. The lowest BCUT2D eigenvalue weighted by atomic mass is 9.91. The van der Waals surface area contributed by atoms with Crippen LogP contribution in [0.2, 0.25) is 2.82 Å². The van der Waals surface area contributed by atoms with Crippen molar-refractivity contribution in [3.05, 3.63) is 35.9 Å². The van der Waals surface area contributed by atoms with Crippen LogP contribution >= 0.6 is 0 Å². The fourth-order valence-corrected chi connectivity index (χ4v) is 2.82. The van der Waals surface area contributed by atoms with Gasteiger partial charge < -0.3 is 10.6 Å². The maximum atomic E-state index is 12.9. The molecule has 18 heavy (non-hydrogen) atoms. The van der Waals surface area contributed by atoms with Gasteiger partial charge in [0.05, 0.1) is 5.41 Å². The van der Waals surface area contributed by atoms with Gasteiger partial charge in [0.25, 0.3) is 0 Å². The van der Waals surface area contributed by atoms with E-state index in [9.17, 15) is 4.79 Å². The molecule has 2 rings (SSSR count). The Morgan fingerprint density at radius 1 is 1.44 bits per heavy atom. The molecule has 0 saturated heterocycles. The molecule has 1 fully saturated rings. The number of rotatable bonds is 6. The molecule has 98 valence electrons. The predicted molar refractivity (Wildman–Crippen MR) is 73.2 cm³/mol. The van der Waals surface area contributed by atoms with Crippen LogP contribution in [-0.4, -0.2) is 30.4 Å². The highest BCUT2D eigenvalue weighted by Gasteiger charge is 2.61. The topological polar surface area (TPSA) is 46.3 Å². The molecule has 0 spiro atoms. The number of hydrogen-bond acceptors (Lipinski definition) is 2. The van der Waals surface area contributed by atoms with E-state index in [0.29, 0.717) is 25.4 Å². The molecule has 0 aliphatic heterocycles. The number of nitrogens with zero attached hydrogens (tertiary/aromatic N) is 1. The Bertz CT molecular complexity index is 462. The summed E-state index contributed by atoms with van der Waals surface area (Å²) in [7, 11) is 0. The first-order chi connectivity index (χ1) is 9.56. The van der Waals surface area contributed by atoms with Crippen molar-refractivity contribution in [2.75, 3.05) is 19.6 Å². The van der Waals surface area contributed by atoms with E-state index in [-0.39, 0.29) is 11.8 Å². The molecular weight excluding hydrogens is 224 g/mol. The van der Waals surface area contributed by atoms with Crippen molar-refractivity contribution in [3.63, 3.8) is 0 Å². The second-order valence-corrected chi connectivity index (χ2v) is 4.90. The second kappa shape index (κ2) is 5.11. The standard InChI is InChI=1S/C15H22N2O/c1-3-17(4-2)14(18)15(10-13(15)11-16)12-8-6-5-7-9-12/h5-9,13H,3-4,10-11,16H2,1-2H3/t13-,15+/m1/s1/i/hD2. The molecule has 3 nitrogen and oxygen atoms in total. The fraction of sp³-hybridized carbons (Fsp3) is 0.533. The van der Waals surface area contributed by atoms with E-state index in [1.807, 2.05) is 49.1 Å². The van der Waals surface area contributed by atoms with E-state index in [1.165, 1.54) is 0 Å². The van der Waals surface area contributed by atoms with E-state index < -0.39 is 5.41 Å². The molecule has 0 bridgehead atoms. The third-order valence-electron chi connectivity index (χ3n) is 4.05. The van der Waals surface area contributed by atoms with Gasteiger partial charge in [0.15, 0.2) is 0 Å². The van der Waals surface area contributed by atoms with Gasteiger partial charge in [-0.2, -0.15) is 0 Å². The zero-order valence-electron chi connectivity index (χ0n) is 13.1. The maximum absolute atomic E-state index is 12.9. The van der Waals surface area contributed by atoms with Crippen molar-refractivity contribution in [2.24, 2.45) is 11.6 Å². The summed E-state index contributed by atoms with van der Waals surface area (Å²) in [5.74, 6) is 0.202. The minimum absolute atomic E-state index is 0.0630. The molecule has 0 heterocycles. The zero-order chi connectivity index (χ0) is 14.8. The van der Waals surface area contributed by atoms with Crippen LogP contribution in [0.15, 0.2) is 30.3 Å². The van der Waals surface area contributed by atoms with E-state index in [0.717, 1.165) is 12.0 Å². The zero-order valence-corrected chi connectivity index (χ0v) is 11.1. The molecule has 1 aliphatic rings. The molecule has 1 amide bonds. The number of amides is 1. The summed E-state index contributed by atoms with van der Waals surface area (Å²) in [6.07, 6.45) is 0.737. The monoisotopic (exact) mass is 248 g/mol. The van der Waals surface area contributed by atoms with Gasteiger partial charge >= 0.3 is 0 Å². The number of likely N-dealkylation sites (N-methyl/N-ethyl adjacent to an activating group) is 1. The average Bonchev–Trinajstić information content (AvgIpc) is 3.15. The van der Waals surface area contributed by atoms with Crippen molar-refractivity contribution in [2.45, 2.75) is 25.7 Å². The number of benzene rings is 1. The summed E-state index contributed by atoms with van der Waals surface area (Å²) in [6.45, 7) is 5.67. The van der Waals surface area contributed by atoms with Crippen LogP contribution in [0.25, 0.3) is 0 Å². The first-order valence-corrected chi connectivity index (χ1v) is 6.66. The Labute approximate surface area is 112 Å². The number of hydrogen-bond donors (Lipinski definition) is 1. The van der Waals surface area contributed by atoms with Crippen LogP contribution in [0, 0.1) is 5.92 Å². The van der Waals surface area contributed by atoms with Gasteiger partial charge in [-0.25, -0.2) is 0 Å². The lowest BCUT2D eigenvalue weighted by Crippen LogP contribution is -2.40. The molecule has 0 aromatic heterocycles. The molecule has 1 saturated carbocycles. The van der Waals surface area contributed by atoms with Crippen LogP contribution in [0.5, 0.6) is 0 Å². The summed E-state index contributed by atoms with van der Waals surface area (Å²) in [5, 5.41) is 0. The minimum atomic E-state index is -0.520. The average molecular weight is 248 g/mol. The Balaban J connectivity index is 2.30. The SMILES string of the molecule is [2H]N([2H])C[C@H]1C[C@]1(C(=O)N(CC)CC)c1ccccc1. The van der Waals surface area contributed by atoms with E-state index in [2.05, 4.69) is 0 Å². The fourth-order valence-electron chi connectivity index (χ4n) is 2.82. The molecule has 2 N–H and O–H groups in total. The predicted octanol–water partition coefficient (Wildman–Crippen LogP) is 1.77. The summed E-state index contributed by atoms with van der Waals surface area (Å²) in [4.78, 5) is 14.7. The molecule has 1 aromatic rings. The van der Waals surface area contributed by atoms with Gasteiger partial charge in [0, 0.05) is 13.1 Å². The number of nitrogens with two attached hydrogens (primary N) is 1. The third-order valence-corrected chi connectivity index (χ3v) is 4.05. The maximum Gasteiger partial charge on any atom is 0.233 e. The summed E-state index contributed by atoms with van der Waals surface area (Å²) in [6, 6.07) is 9.80. The van der Waals surface area contributed by atoms with E-state index >= 15 is 0 Å². The Kier molecular flexibility index (Phi) is 3.00. The smallest absolute Gasteiger partial charge is 0.233 e. The van der Waals surface area contributed by atoms with E-state index in [4.69, 9.17) is 2.82 Å². The largest absolute Gasteiger partial charge is 0.342 e. The normalized spacial score (nSPS) is 27.6. The van der Waals surface area contributed by atoms with Crippen molar-refractivity contribution in [1.29, 1.82) is 0 Å². The first kappa shape index (κ1) is 10.6. The van der Waals surface area contributed by atoms with Crippen molar-refractivity contribution in [1.82, 2.24) is 4.90 Å². The summed E-state index contributed by atoms with van der Waals surface area (Å²) < 4.78 is 14.6. The van der Waals surface area contributed by atoms with Gasteiger partial charge in [-0.1, -0.05) is 30.3 Å². The Morgan fingerprint density at radius 2 is 2.11 bits per heavy atom. The highest BCUT2D eigenvalue weighted by Crippen LogP contribution is 2.54. The highest BCUT2D eigenvalue weighted by molar-refractivity contribution is 5.92. The Morgan fingerprint density at radius 3 is 2.67 bits per heavy atom. The van der Waals surface area contributed by atoms with E-state index in [1.54, 1.807) is 0 Å². The molecule has 0 radical (unpaired) electrons. The van der Waals surface area contributed by atoms with Crippen molar-refractivity contribution >= 4 is 5.91 Å². The molecule has 2 atom stereocenters. The number of carbonyl (C=O) groups excluding carboxylic acids is 1. The van der Waals surface area contributed by atoms with Gasteiger partial charge in [-0.15, -0.1) is 0 Å². The Hall–Kier alpha value is -1.35. The van der Waals surface area contributed by atoms with Gasteiger partial charge in [-0.05, 0) is 38.3 Å². The minimum Gasteiger partial charge on any atom is -0.342 e. The second-order valence-electron chi connectivity index (χ2n) is 4.90. The first-order valence-electron chi connectivity index (χ1n) is 7.55. The van der Waals surface area contributed by atoms with Gasteiger partial charge in [0.2, 0.25) is 5.91 Å². The van der Waals surface area contributed by atoms with Crippen LogP contribution in [-0.2, 0) is 10.2 Å². The lowest BCUT2D eigenvalue weighted by Gasteiger charge is -2.26. The van der Waals surface area contributed by atoms with Crippen LogP contribution in [0.3, 0.4) is 0 Å². The molecular formula is C15H22N2O. The molecule has 1 aliphatic carbocycles. The lowest BCUT2D eigenvalue weighted by molar-refractivity contribution is -0.134. The van der Waals surface area contributed by atoms with Crippen LogP contribution in [0.1, 0.15) is 25.8 Å². The van der Waals surface area contributed by atoms with Crippen LogP contribution in [0.4, 0.5) is 0 Å². The van der Waals surface area contributed by atoms with Gasteiger partial charge in [0.1, 0.15) is 2.82 Å². The highest BCUT2D eigenvalue weighted by atomic mass is 16.2. The summed E-state index contributed by atoms with van der Waals surface area (Å²) in [5.41, 5.74) is 1.18. The summed E-state index contributed by atoms with van der Waals surface area (Å²) >= 11 is 0. The molecule has 0 unspecified atom stereocenters. The quantitative estimate of drug-likeness (QED) is 0.834. The van der Waals surface area contributed by atoms with Crippen molar-refractivity contribution in [3.8, 4) is 0 Å². The molecule has 3 heteroatoms. The van der Waals surface area contributed by atoms with Gasteiger partial charge in [-0.3, -0.25) is 4.79 Å². The third kappa shape index (κ3) is 1.93. The van der Waals surface area contributed by atoms with Crippen molar-refractivity contribution < 1.29 is 7.62 Å².